The van der Waals surface area contributed by atoms with Crippen LogP contribution in [0.5, 0.6) is 0 Å². The number of hydrogen-bond acceptors (Lipinski definition) is 1. The molecule has 4 fully saturated rings. The zero-order chi connectivity index (χ0) is 22.8. The zero-order valence-electron chi connectivity index (χ0n) is 22.0. The number of allylic oxidation sites excluding steroid dienone is 2. The van der Waals surface area contributed by atoms with Gasteiger partial charge in [0.2, 0.25) is 0 Å². The van der Waals surface area contributed by atoms with Crippen LogP contribution in [-0.2, 0) is 0 Å². The molecule has 31 heavy (non-hydrogen) atoms. The van der Waals surface area contributed by atoms with E-state index in [1.165, 1.54) is 57.8 Å². The van der Waals surface area contributed by atoms with Gasteiger partial charge in [-0.15, -0.1) is 0 Å². The van der Waals surface area contributed by atoms with Crippen LogP contribution in [0.4, 0.5) is 0 Å². The van der Waals surface area contributed by atoms with Crippen LogP contribution in [0.15, 0.2) is 11.6 Å². The van der Waals surface area contributed by atoms with Crippen molar-refractivity contribution in [2.45, 2.75) is 118 Å². The fourth-order valence-electron chi connectivity index (χ4n) is 10.1. The first-order valence-corrected chi connectivity index (χ1v) is 14.5. The van der Waals surface area contributed by atoms with Crippen molar-refractivity contribution in [3.63, 3.8) is 0 Å². The van der Waals surface area contributed by atoms with Gasteiger partial charge in [-0.25, -0.2) is 0 Å². The molecule has 0 saturated heterocycles. The second kappa shape index (κ2) is 8.39. The second-order valence-corrected chi connectivity index (χ2v) is 13.7. The standard InChI is InChI=1S/C28H46S.C2H6/c1-17-7-9-20-13-15-26(4)22(25(20)19(17)3)10-12-24-27(26,5)16-14-21-23(29)11-8-18(2)28(21,24)6;1-2/h10,17-21,23-25,29H,7-9,11-16H2,1-6H3;1-2H3/t17-,18?,19+,20?,21?,23-,24?,25?,26-,27-,28+;/m1./s1. The summed E-state index contributed by atoms with van der Waals surface area (Å²) in [4.78, 5) is 0. The molecular weight excluding hydrogens is 392 g/mol. The molecule has 0 nitrogen and oxygen atoms in total. The molecule has 0 aliphatic heterocycles. The molecule has 0 amide bonds. The Balaban J connectivity index is 0.00000112. The minimum atomic E-state index is 0.430. The molecule has 1 heteroatoms. The third kappa shape index (κ3) is 3.20. The number of fused-ring (bicyclic) bond motifs is 7. The Morgan fingerprint density at radius 3 is 2.29 bits per heavy atom. The molecule has 0 aromatic rings. The van der Waals surface area contributed by atoms with Gasteiger partial charge in [0, 0.05) is 5.25 Å². The number of thiol groups is 1. The fourth-order valence-corrected chi connectivity index (χ4v) is 10.7. The van der Waals surface area contributed by atoms with Gasteiger partial charge in [-0.3, -0.25) is 0 Å². The van der Waals surface area contributed by atoms with E-state index in [-0.39, 0.29) is 0 Å². The predicted octanol–water partition coefficient (Wildman–Crippen LogP) is 9.21. The maximum Gasteiger partial charge on any atom is 0.00505 e. The summed E-state index contributed by atoms with van der Waals surface area (Å²) in [5.41, 5.74) is 3.32. The molecule has 0 N–H and O–H groups in total. The molecule has 0 spiro atoms. The molecule has 5 unspecified atom stereocenters. The van der Waals surface area contributed by atoms with E-state index in [9.17, 15) is 0 Å². The van der Waals surface area contributed by atoms with E-state index in [0.29, 0.717) is 21.5 Å². The Morgan fingerprint density at radius 1 is 0.871 bits per heavy atom. The lowest BCUT2D eigenvalue weighted by Gasteiger charge is -2.70. The SMILES string of the molecule is CC.CC1CC[C@@H](S)C2CC[C@]3(C)C(CC=C4C5C(CC[C@@H](C)[C@@H]5C)CC[C@]43C)[C@@]12C. The van der Waals surface area contributed by atoms with Crippen LogP contribution < -0.4 is 0 Å². The molecule has 178 valence electrons. The molecule has 0 aromatic heterocycles. The topological polar surface area (TPSA) is 0 Å². The average Bonchev–Trinajstić information content (AvgIpc) is 2.75. The highest BCUT2D eigenvalue weighted by atomic mass is 32.1. The van der Waals surface area contributed by atoms with E-state index < -0.39 is 0 Å². The molecular formula is C30H52S. The van der Waals surface area contributed by atoms with Crippen LogP contribution in [0.1, 0.15) is 113 Å². The molecule has 0 heterocycles. The molecule has 5 aliphatic rings. The van der Waals surface area contributed by atoms with Gasteiger partial charge in [0.15, 0.2) is 0 Å². The van der Waals surface area contributed by atoms with Crippen molar-refractivity contribution in [3.8, 4) is 0 Å². The van der Waals surface area contributed by atoms with Crippen molar-refractivity contribution in [3.05, 3.63) is 11.6 Å². The third-order valence-electron chi connectivity index (χ3n) is 12.5. The molecule has 5 rings (SSSR count). The van der Waals surface area contributed by atoms with E-state index in [1.807, 2.05) is 19.4 Å². The van der Waals surface area contributed by atoms with Crippen LogP contribution >= 0.6 is 12.6 Å². The highest BCUT2D eigenvalue weighted by Gasteiger charge is 2.66. The Hall–Kier alpha value is 0.0900. The lowest BCUT2D eigenvalue weighted by molar-refractivity contribution is -0.165. The second-order valence-electron chi connectivity index (χ2n) is 13.0. The maximum atomic E-state index is 5.14. The van der Waals surface area contributed by atoms with Crippen molar-refractivity contribution in [1.82, 2.24) is 0 Å². The molecule has 0 radical (unpaired) electrons. The van der Waals surface area contributed by atoms with Crippen LogP contribution in [-0.4, -0.2) is 5.25 Å². The summed E-state index contributed by atoms with van der Waals surface area (Å²) < 4.78 is 0. The van der Waals surface area contributed by atoms with Gasteiger partial charge in [0.25, 0.3) is 0 Å². The summed E-state index contributed by atoms with van der Waals surface area (Å²) >= 11 is 5.14. The predicted molar refractivity (Wildman–Crippen MR) is 140 cm³/mol. The third-order valence-corrected chi connectivity index (χ3v) is 13.1. The van der Waals surface area contributed by atoms with Gasteiger partial charge >= 0.3 is 0 Å². The van der Waals surface area contributed by atoms with E-state index in [4.69, 9.17) is 12.6 Å². The summed E-state index contributed by atoms with van der Waals surface area (Å²) in [5.74, 6) is 6.16. The minimum Gasteiger partial charge on any atom is -0.176 e. The van der Waals surface area contributed by atoms with E-state index >= 15 is 0 Å². The van der Waals surface area contributed by atoms with Crippen LogP contribution in [0.2, 0.25) is 0 Å². The lowest BCUT2D eigenvalue weighted by Crippen LogP contribution is -2.63. The largest absolute Gasteiger partial charge is 0.176 e. The molecule has 11 atom stereocenters. The molecule has 0 aromatic carbocycles. The zero-order valence-corrected chi connectivity index (χ0v) is 22.9. The highest BCUT2D eigenvalue weighted by Crippen LogP contribution is 2.73. The molecule has 5 aliphatic carbocycles. The smallest absolute Gasteiger partial charge is 0.00505 e. The first-order valence-electron chi connectivity index (χ1n) is 14.0. The Kier molecular flexibility index (Phi) is 6.56. The summed E-state index contributed by atoms with van der Waals surface area (Å²) in [6.45, 7) is 19.9. The normalized spacial score (nSPS) is 56.0. The van der Waals surface area contributed by atoms with E-state index in [0.717, 1.165) is 41.4 Å². The van der Waals surface area contributed by atoms with Crippen LogP contribution in [0.3, 0.4) is 0 Å². The van der Waals surface area contributed by atoms with Gasteiger partial charge in [0.1, 0.15) is 0 Å². The van der Waals surface area contributed by atoms with Gasteiger partial charge in [0.05, 0.1) is 0 Å². The fraction of sp³-hybridized carbons (Fsp3) is 0.933. The van der Waals surface area contributed by atoms with Gasteiger partial charge < -0.3 is 0 Å². The lowest BCUT2D eigenvalue weighted by atomic mass is 9.35. The number of hydrogen-bond donors (Lipinski definition) is 1. The van der Waals surface area contributed by atoms with Crippen LogP contribution in [0, 0.1) is 57.7 Å². The maximum absolute atomic E-state index is 5.14. The first kappa shape index (κ1) is 24.2. The van der Waals surface area contributed by atoms with Crippen molar-refractivity contribution in [2.24, 2.45) is 57.7 Å². The van der Waals surface area contributed by atoms with Crippen molar-refractivity contribution in [2.75, 3.05) is 0 Å². The first-order chi connectivity index (χ1) is 14.6. The van der Waals surface area contributed by atoms with Crippen molar-refractivity contribution < 1.29 is 0 Å². The van der Waals surface area contributed by atoms with Crippen LogP contribution in [0.25, 0.3) is 0 Å². The summed E-state index contributed by atoms with van der Waals surface area (Å²) in [6, 6.07) is 0. The Bertz CT molecular complexity index is 693. The van der Waals surface area contributed by atoms with Gasteiger partial charge in [-0.05, 0) is 109 Å². The summed E-state index contributed by atoms with van der Waals surface area (Å²) in [6.07, 6.45) is 15.7. The molecule has 4 saturated carbocycles. The number of rotatable bonds is 0. The minimum absolute atomic E-state index is 0.430. The van der Waals surface area contributed by atoms with Crippen molar-refractivity contribution in [1.29, 1.82) is 0 Å². The Morgan fingerprint density at radius 2 is 1.58 bits per heavy atom. The summed E-state index contributed by atoms with van der Waals surface area (Å²) in [5, 5.41) is 0.633. The van der Waals surface area contributed by atoms with E-state index in [2.05, 4.69) is 47.6 Å². The highest BCUT2D eigenvalue weighted by molar-refractivity contribution is 7.81. The summed E-state index contributed by atoms with van der Waals surface area (Å²) in [7, 11) is 0. The average molecular weight is 445 g/mol. The Labute approximate surface area is 200 Å². The van der Waals surface area contributed by atoms with E-state index in [1.54, 1.807) is 0 Å². The quantitative estimate of drug-likeness (QED) is 0.279. The monoisotopic (exact) mass is 444 g/mol. The van der Waals surface area contributed by atoms with Crippen molar-refractivity contribution >= 4 is 12.6 Å². The molecule has 0 bridgehead atoms. The van der Waals surface area contributed by atoms with Gasteiger partial charge in [-0.1, -0.05) is 73.5 Å². The van der Waals surface area contributed by atoms with Gasteiger partial charge in [-0.2, -0.15) is 12.6 Å².